The Morgan fingerprint density at radius 2 is 1.27 bits per heavy atom. The van der Waals surface area contributed by atoms with Crippen LogP contribution in [0.25, 0.3) is 22.8 Å². The zero-order valence-electron chi connectivity index (χ0n) is 12.1. The van der Waals surface area contributed by atoms with E-state index in [2.05, 4.69) is 21.7 Å². The van der Waals surface area contributed by atoms with Crippen molar-refractivity contribution in [3.8, 4) is 22.8 Å². The maximum absolute atomic E-state index is 6.31. The van der Waals surface area contributed by atoms with Gasteiger partial charge in [-0.05, 0) is 30.7 Å². The zero-order valence-corrected chi connectivity index (χ0v) is 13.6. The molecule has 0 radical (unpaired) electrons. The molecular weight excluding hydrogens is 317 g/mol. The second kappa shape index (κ2) is 6.51. The van der Waals surface area contributed by atoms with Crippen molar-refractivity contribution in [1.29, 1.82) is 0 Å². The number of hydrogen-bond acceptors (Lipinski definition) is 2. The normalized spacial score (nSPS) is 10.9. The molecular formula is C17H15Cl2N3. The van der Waals surface area contributed by atoms with Gasteiger partial charge < -0.3 is 4.57 Å². The van der Waals surface area contributed by atoms with Crippen molar-refractivity contribution >= 4 is 23.2 Å². The Hall–Kier alpha value is -1.84. The minimum absolute atomic E-state index is 0.665. The predicted octanol–water partition coefficient (Wildman–Crippen LogP) is 5.33. The van der Waals surface area contributed by atoms with Crippen LogP contribution in [-0.4, -0.2) is 14.8 Å². The van der Waals surface area contributed by atoms with Crippen LogP contribution in [0.15, 0.2) is 48.5 Å². The van der Waals surface area contributed by atoms with Gasteiger partial charge >= 0.3 is 0 Å². The molecule has 0 amide bonds. The van der Waals surface area contributed by atoms with Gasteiger partial charge in [0.15, 0.2) is 11.6 Å². The van der Waals surface area contributed by atoms with Crippen LogP contribution in [0, 0.1) is 0 Å². The monoisotopic (exact) mass is 331 g/mol. The molecule has 112 valence electrons. The van der Waals surface area contributed by atoms with E-state index >= 15 is 0 Å². The van der Waals surface area contributed by atoms with E-state index in [-0.39, 0.29) is 0 Å². The highest BCUT2D eigenvalue weighted by molar-refractivity contribution is 6.33. The van der Waals surface area contributed by atoms with Crippen molar-refractivity contribution in [3.63, 3.8) is 0 Å². The van der Waals surface area contributed by atoms with Crippen LogP contribution in [0.1, 0.15) is 13.3 Å². The zero-order chi connectivity index (χ0) is 15.5. The number of aromatic nitrogens is 3. The Morgan fingerprint density at radius 3 is 1.68 bits per heavy atom. The number of hydrogen-bond donors (Lipinski definition) is 0. The third-order valence-electron chi connectivity index (χ3n) is 3.43. The van der Waals surface area contributed by atoms with Gasteiger partial charge in [0.25, 0.3) is 0 Å². The van der Waals surface area contributed by atoms with Crippen molar-refractivity contribution in [3.05, 3.63) is 58.6 Å². The molecule has 0 saturated heterocycles. The summed E-state index contributed by atoms with van der Waals surface area (Å²) in [5, 5.41) is 10.0. The van der Waals surface area contributed by atoms with Crippen LogP contribution >= 0.6 is 23.2 Å². The molecule has 2 aromatic carbocycles. The van der Waals surface area contributed by atoms with Crippen molar-refractivity contribution in [2.75, 3.05) is 0 Å². The maximum atomic E-state index is 6.31. The smallest absolute Gasteiger partial charge is 0.165 e. The van der Waals surface area contributed by atoms with Crippen LogP contribution in [0.4, 0.5) is 0 Å². The lowest BCUT2D eigenvalue weighted by molar-refractivity contribution is 0.689. The molecule has 22 heavy (non-hydrogen) atoms. The minimum Gasteiger partial charge on any atom is -0.307 e. The molecule has 0 spiro atoms. The van der Waals surface area contributed by atoms with E-state index in [0.717, 1.165) is 35.7 Å². The summed E-state index contributed by atoms with van der Waals surface area (Å²) in [5.74, 6) is 1.53. The molecule has 3 aromatic rings. The van der Waals surface area contributed by atoms with E-state index in [9.17, 15) is 0 Å². The average Bonchev–Trinajstić information content (AvgIpc) is 2.92. The first kappa shape index (κ1) is 15.1. The number of nitrogens with zero attached hydrogens (tertiary/aromatic N) is 3. The molecule has 0 N–H and O–H groups in total. The number of benzene rings is 2. The van der Waals surface area contributed by atoms with Gasteiger partial charge in [0, 0.05) is 17.7 Å². The molecule has 3 nitrogen and oxygen atoms in total. The summed E-state index contributed by atoms with van der Waals surface area (Å²) in [6.45, 7) is 2.92. The van der Waals surface area contributed by atoms with Gasteiger partial charge in [-0.15, -0.1) is 10.2 Å². The quantitative estimate of drug-likeness (QED) is 0.646. The molecule has 0 aliphatic carbocycles. The summed E-state index contributed by atoms with van der Waals surface area (Å²) in [5.41, 5.74) is 1.76. The number of halogens is 2. The second-order valence-electron chi connectivity index (χ2n) is 4.96. The standard InChI is InChI=1S/C17H15Cl2N3/c1-2-11-22-16(12-7-3-5-9-14(12)18)20-21-17(22)13-8-4-6-10-15(13)19/h3-10H,2,11H2,1H3. The van der Waals surface area contributed by atoms with Crippen molar-refractivity contribution in [2.45, 2.75) is 19.9 Å². The molecule has 0 fully saturated rings. The Bertz CT molecular complexity index is 733. The SMILES string of the molecule is CCCn1c(-c2ccccc2Cl)nnc1-c1ccccc1Cl. The summed E-state index contributed by atoms with van der Waals surface area (Å²) in [6.07, 6.45) is 0.965. The summed E-state index contributed by atoms with van der Waals surface area (Å²) < 4.78 is 2.07. The first-order chi connectivity index (χ1) is 10.7. The first-order valence-electron chi connectivity index (χ1n) is 7.15. The third kappa shape index (κ3) is 2.74. The summed E-state index contributed by atoms with van der Waals surface area (Å²) in [7, 11) is 0. The molecule has 0 bridgehead atoms. The summed E-state index contributed by atoms with van der Waals surface area (Å²) in [4.78, 5) is 0. The van der Waals surface area contributed by atoms with Gasteiger partial charge in [-0.2, -0.15) is 0 Å². The first-order valence-corrected chi connectivity index (χ1v) is 7.91. The van der Waals surface area contributed by atoms with E-state index in [1.54, 1.807) is 0 Å². The third-order valence-corrected chi connectivity index (χ3v) is 4.09. The fraction of sp³-hybridized carbons (Fsp3) is 0.176. The van der Waals surface area contributed by atoms with Gasteiger partial charge in [-0.1, -0.05) is 54.4 Å². The summed E-state index contributed by atoms with van der Waals surface area (Å²) in [6, 6.07) is 15.3. The fourth-order valence-corrected chi connectivity index (χ4v) is 2.86. The molecule has 0 saturated carbocycles. The van der Waals surface area contributed by atoms with Crippen molar-refractivity contribution in [2.24, 2.45) is 0 Å². The molecule has 0 unspecified atom stereocenters. The lowest BCUT2D eigenvalue weighted by atomic mass is 10.2. The second-order valence-corrected chi connectivity index (χ2v) is 5.77. The Balaban J connectivity index is 2.19. The molecule has 0 aliphatic heterocycles. The van der Waals surface area contributed by atoms with Crippen LogP contribution in [0.5, 0.6) is 0 Å². The van der Waals surface area contributed by atoms with Gasteiger partial charge in [-0.25, -0.2) is 0 Å². The van der Waals surface area contributed by atoms with Crippen LogP contribution in [0.2, 0.25) is 10.0 Å². The predicted molar refractivity (Wildman–Crippen MR) is 91.2 cm³/mol. The van der Waals surface area contributed by atoms with Gasteiger partial charge in [0.2, 0.25) is 0 Å². The van der Waals surface area contributed by atoms with Gasteiger partial charge in [-0.3, -0.25) is 0 Å². The van der Waals surface area contributed by atoms with Crippen LogP contribution in [-0.2, 0) is 6.54 Å². The van der Waals surface area contributed by atoms with Crippen LogP contribution < -0.4 is 0 Å². The average molecular weight is 332 g/mol. The van der Waals surface area contributed by atoms with E-state index in [4.69, 9.17) is 23.2 Å². The molecule has 0 aliphatic rings. The molecule has 1 aromatic heterocycles. The van der Waals surface area contributed by atoms with Gasteiger partial charge in [0.1, 0.15) is 0 Å². The Kier molecular flexibility index (Phi) is 4.46. The minimum atomic E-state index is 0.665. The lowest BCUT2D eigenvalue weighted by Gasteiger charge is -2.11. The highest BCUT2D eigenvalue weighted by Crippen LogP contribution is 2.32. The van der Waals surface area contributed by atoms with E-state index < -0.39 is 0 Å². The number of rotatable bonds is 4. The van der Waals surface area contributed by atoms with Crippen LogP contribution in [0.3, 0.4) is 0 Å². The Morgan fingerprint density at radius 1 is 0.818 bits per heavy atom. The Labute approximate surface area is 139 Å². The van der Waals surface area contributed by atoms with E-state index in [0.29, 0.717) is 10.0 Å². The topological polar surface area (TPSA) is 30.7 Å². The fourth-order valence-electron chi connectivity index (χ4n) is 2.42. The highest BCUT2D eigenvalue weighted by Gasteiger charge is 2.18. The van der Waals surface area contributed by atoms with Crippen molar-refractivity contribution < 1.29 is 0 Å². The van der Waals surface area contributed by atoms with E-state index in [1.807, 2.05) is 48.5 Å². The molecule has 1 heterocycles. The highest BCUT2D eigenvalue weighted by atomic mass is 35.5. The summed E-state index contributed by atoms with van der Waals surface area (Å²) >= 11 is 12.6. The van der Waals surface area contributed by atoms with Crippen molar-refractivity contribution in [1.82, 2.24) is 14.8 Å². The molecule has 5 heteroatoms. The molecule has 0 atom stereocenters. The largest absolute Gasteiger partial charge is 0.307 e. The van der Waals surface area contributed by atoms with Gasteiger partial charge in [0.05, 0.1) is 10.0 Å². The molecule has 3 rings (SSSR count). The lowest BCUT2D eigenvalue weighted by Crippen LogP contribution is -2.03. The van der Waals surface area contributed by atoms with E-state index in [1.165, 1.54) is 0 Å². The maximum Gasteiger partial charge on any atom is 0.165 e.